The summed E-state index contributed by atoms with van der Waals surface area (Å²) in [6.45, 7) is 0.598. The molecule has 0 atom stereocenters. The predicted octanol–water partition coefficient (Wildman–Crippen LogP) is 4.33. The lowest BCUT2D eigenvalue weighted by atomic mass is 10.0. The smallest absolute Gasteiger partial charge is 0.251 e. The zero-order valence-corrected chi connectivity index (χ0v) is 14.2. The molecule has 3 rings (SSSR count). The Hall–Kier alpha value is -3.07. The van der Waals surface area contributed by atoms with Gasteiger partial charge in [-0.15, -0.1) is 0 Å². The van der Waals surface area contributed by atoms with Gasteiger partial charge < -0.3 is 10.1 Å². The highest BCUT2D eigenvalue weighted by Gasteiger charge is 2.06. The lowest BCUT2D eigenvalue weighted by Crippen LogP contribution is -2.25. The number of rotatable bonds is 6. The Morgan fingerprint density at radius 3 is 2.32 bits per heavy atom. The van der Waals surface area contributed by atoms with E-state index >= 15 is 0 Å². The molecule has 3 heteroatoms. The summed E-state index contributed by atoms with van der Waals surface area (Å²) in [4.78, 5) is 12.4. The molecule has 25 heavy (non-hydrogen) atoms. The zero-order chi connectivity index (χ0) is 17.5. The normalized spacial score (nSPS) is 10.3. The van der Waals surface area contributed by atoms with Crippen LogP contribution in [0.15, 0.2) is 78.9 Å². The van der Waals surface area contributed by atoms with Crippen molar-refractivity contribution in [3.8, 4) is 16.9 Å². The maximum absolute atomic E-state index is 12.4. The monoisotopic (exact) mass is 331 g/mol. The van der Waals surface area contributed by atoms with Gasteiger partial charge in [0.2, 0.25) is 0 Å². The summed E-state index contributed by atoms with van der Waals surface area (Å²) >= 11 is 0. The molecule has 3 nitrogen and oxygen atoms in total. The molecular weight excluding hydrogens is 310 g/mol. The predicted molar refractivity (Wildman–Crippen MR) is 101 cm³/mol. The van der Waals surface area contributed by atoms with Crippen LogP contribution in [0, 0.1) is 0 Å². The van der Waals surface area contributed by atoms with Crippen LogP contribution in [-0.2, 0) is 6.42 Å². The Kier molecular flexibility index (Phi) is 5.47. The van der Waals surface area contributed by atoms with E-state index in [2.05, 4.69) is 5.32 Å². The van der Waals surface area contributed by atoms with Crippen LogP contribution in [0.2, 0.25) is 0 Å². The molecule has 0 radical (unpaired) electrons. The van der Waals surface area contributed by atoms with Crippen LogP contribution >= 0.6 is 0 Å². The fourth-order valence-corrected chi connectivity index (χ4v) is 2.69. The fraction of sp³-hybridized carbons (Fsp3) is 0.136. The van der Waals surface area contributed by atoms with E-state index in [0.717, 1.165) is 23.3 Å². The van der Waals surface area contributed by atoms with Crippen molar-refractivity contribution in [3.63, 3.8) is 0 Å². The average molecular weight is 331 g/mol. The molecule has 0 aliphatic heterocycles. The molecule has 1 N–H and O–H groups in total. The lowest BCUT2D eigenvalue weighted by molar-refractivity contribution is 0.0954. The highest BCUT2D eigenvalue weighted by molar-refractivity contribution is 5.95. The highest BCUT2D eigenvalue weighted by atomic mass is 16.5. The SMILES string of the molecule is COc1ccc(CCNC(=O)c2cccc(-c3ccccc3)c2)cc1. The second kappa shape index (κ2) is 8.15. The Balaban J connectivity index is 1.59. The third-order valence-corrected chi connectivity index (χ3v) is 4.09. The van der Waals surface area contributed by atoms with Crippen LogP contribution in [0.4, 0.5) is 0 Å². The fourth-order valence-electron chi connectivity index (χ4n) is 2.69. The maximum Gasteiger partial charge on any atom is 0.251 e. The van der Waals surface area contributed by atoms with E-state index in [1.54, 1.807) is 7.11 Å². The van der Waals surface area contributed by atoms with Gasteiger partial charge in [0.25, 0.3) is 5.91 Å². The minimum atomic E-state index is -0.0497. The Bertz CT molecular complexity index is 826. The first-order valence-corrected chi connectivity index (χ1v) is 8.33. The van der Waals surface area contributed by atoms with Crippen molar-refractivity contribution in [1.82, 2.24) is 5.32 Å². The standard InChI is InChI=1S/C22H21NO2/c1-25-21-12-10-17(11-13-21)14-15-23-22(24)20-9-5-8-19(16-20)18-6-3-2-4-7-18/h2-13,16H,14-15H2,1H3,(H,23,24). The first-order valence-electron chi connectivity index (χ1n) is 8.33. The van der Waals surface area contributed by atoms with Crippen LogP contribution in [0.1, 0.15) is 15.9 Å². The molecule has 0 bridgehead atoms. The molecule has 1 amide bonds. The van der Waals surface area contributed by atoms with Gasteiger partial charge in [-0.1, -0.05) is 54.6 Å². The number of carbonyl (C=O) groups is 1. The van der Waals surface area contributed by atoms with Gasteiger partial charge in [0.15, 0.2) is 0 Å². The van der Waals surface area contributed by atoms with E-state index in [1.165, 1.54) is 5.56 Å². The molecule has 0 heterocycles. The molecule has 126 valence electrons. The van der Waals surface area contributed by atoms with Crippen molar-refractivity contribution in [3.05, 3.63) is 90.0 Å². The van der Waals surface area contributed by atoms with Crippen LogP contribution in [0.3, 0.4) is 0 Å². The highest BCUT2D eigenvalue weighted by Crippen LogP contribution is 2.20. The van der Waals surface area contributed by atoms with E-state index in [9.17, 15) is 4.79 Å². The van der Waals surface area contributed by atoms with Gasteiger partial charge >= 0.3 is 0 Å². The van der Waals surface area contributed by atoms with Gasteiger partial charge in [-0.25, -0.2) is 0 Å². The Labute approximate surface area is 148 Å². The van der Waals surface area contributed by atoms with Crippen molar-refractivity contribution < 1.29 is 9.53 Å². The van der Waals surface area contributed by atoms with E-state index in [-0.39, 0.29) is 5.91 Å². The van der Waals surface area contributed by atoms with Crippen molar-refractivity contribution in [2.75, 3.05) is 13.7 Å². The van der Waals surface area contributed by atoms with Gasteiger partial charge in [-0.05, 0) is 47.4 Å². The van der Waals surface area contributed by atoms with Gasteiger partial charge in [0, 0.05) is 12.1 Å². The molecule has 0 fully saturated rings. The second-order valence-electron chi connectivity index (χ2n) is 5.80. The maximum atomic E-state index is 12.4. The minimum absolute atomic E-state index is 0.0497. The van der Waals surface area contributed by atoms with Crippen LogP contribution in [0.25, 0.3) is 11.1 Å². The summed E-state index contributed by atoms with van der Waals surface area (Å²) < 4.78 is 5.15. The molecule has 3 aromatic rings. The van der Waals surface area contributed by atoms with Gasteiger partial charge in [-0.2, -0.15) is 0 Å². The number of hydrogen-bond acceptors (Lipinski definition) is 2. The van der Waals surface area contributed by atoms with Gasteiger partial charge in [0.05, 0.1) is 7.11 Å². The van der Waals surface area contributed by atoms with Crippen LogP contribution in [0.5, 0.6) is 5.75 Å². The van der Waals surface area contributed by atoms with Crippen LogP contribution < -0.4 is 10.1 Å². The average Bonchev–Trinajstić information content (AvgIpc) is 2.69. The molecule has 0 aliphatic carbocycles. The van der Waals surface area contributed by atoms with Crippen molar-refractivity contribution in [2.45, 2.75) is 6.42 Å². The number of benzene rings is 3. The first kappa shape index (κ1) is 16.8. The number of methoxy groups -OCH3 is 1. The summed E-state index contributed by atoms with van der Waals surface area (Å²) in [5.74, 6) is 0.789. The van der Waals surface area contributed by atoms with Crippen LogP contribution in [-0.4, -0.2) is 19.6 Å². The number of hydrogen-bond donors (Lipinski definition) is 1. The number of carbonyl (C=O) groups excluding carboxylic acids is 1. The number of amides is 1. The van der Waals surface area contributed by atoms with Gasteiger partial charge in [0.1, 0.15) is 5.75 Å². The molecule has 0 spiro atoms. The molecule has 0 saturated heterocycles. The summed E-state index contributed by atoms with van der Waals surface area (Å²) in [5, 5.41) is 2.98. The minimum Gasteiger partial charge on any atom is -0.497 e. The summed E-state index contributed by atoms with van der Waals surface area (Å²) in [5.41, 5.74) is 3.99. The quantitative estimate of drug-likeness (QED) is 0.730. The number of nitrogens with one attached hydrogen (secondary N) is 1. The lowest BCUT2D eigenvalue weighted by Gasteiger charge is -2.08. The Morgan fingerprint density at radius 1 is 0.880 bits per heavy atom. The van der Waals surface area contributed by atoms with E-state index in [4.69, 9.17) is 4.74 Å². The molecule has 0 saturated carbocycles. The third kappa shape index (κ3) is 4.48. The van der Waals surface area contributed by atoms with E-state index in [1.807, 2.05) is 78.9 Å². The summed E-state index contributed by atoms with van der Waals surface area (Å²) in [6.07, 6.45) is 0.786. The molecule has 3 aromatic carbocycles. The van der Waals surface area contributed by atoms with Crippen molar-refractivity contribution >= 4 is 5.91 Å². The summed E-state index contributed by atoms with van der Waals surface area (Å²) in [6, 6.07) is 25.7. The van der Waals surface area contributed by atoms with Gasteiger partial charge in [-0.3, -0.25) is 4.79 Å². The molecular formula is C22H21NO2. The third-order valence-electron chi connectivity index (χ3n) is 4.09. The zero-order valence-electron chi connectivity index (χ0n) is 14.2. The Morgan fingerprint density at radius 2 is 1.60 bits per heavy atom. The summed E-state index contributed by atoms with van der Waals surface area (Å²) in [7, 11) is 1.65. The topological polar surface area (TPSA) is 38.3 Å². The molecule has 0 aromatic heterocycles. The molecule has 0 aliphatic rings. The molecule has 0 unspecified atom stereocenters. The van der Waals surface area contributed by atoms with Crippen molar-refractivity contribution in [2.24, 2.45) is 0 Å². The second-order valence-corrected chi connectivity index (χ2v) is 5.80. The number of ether oxygens (including phenoxy) is 1. The van der Waals surface area contributed by atoms with E-state index in [0.29, 0.717) is 12.1 Å². The van der Waals surface area contributed by atoms with E-state index < -0.39 is 0 Å². The van der Waals surface area contributed by atoms with Crippen molar-refractivity contribution in [1.29, 1.82) is 0 Å². The largest absolute Gasteiger partial charge is 0.497 e. The first-order chi connectivity index (χ1) is 12.3.